The normalized spacial score (nSPS) is 13.5. The minimum absolute atomic E-state index is 0. The van der Waals surface area contributed by atoms with Gasteiger partial charge in [0.05, 0.1) is 0 Å². The molecule has 1 radical (unpaired) electrons. The SMILES string of the molecule is CCC1=PC2=CC=CC2=C1.Cc1ccc(-c2cc3ccccc3[cH-]2)nc1.[Cl-].[Cl-].[Zr+3]. The largest absolute Gasteiger partial charge is 3.00 e. The van der Waals surface area contributed by atoms with Crippen LogP contribution >= 0.6 is 8.20 Å². The van der Waals surface area contributed by atoms with Crippen LogP contribution in [0.15, 0.2) is 89.9 Å². The van der Waals surface area contributed by atoms with Crippen LogP contribution in [0.3, 0.4) is 0 Å². The van der Waals surface area contributed by atoms with Gasteiger partial charge in [0.25, 0.3) is 0 Å². The maximum absolute atomic E-state index is 4.44. The van der Waals surface area contributed by atoms with Crippen LogP contribution in [0.4, 0.5) is 0 Å². The molecule has 0 saturated carbocycles. The molecule has 0 saturated heterocycles. The molecule has 0 spiro atoms. The van der Waals surface area contributed by atoms with Gasteiger partial charge in [0.2, 0.25) is 0 Å². The van der Waals surface area contributed by atoms with Crippen molar-refractivity contribution in [2.75, 3.05) is 0 Å². The van der Waals surface area contributed by atoms with Crippen LogP contribution in [0.2, 0.25) is 0 Å². The van der Waals surface area contributed by atoms with E-state index in [1.807, 2.05) is 6.20 Å². The molecular weight excluding hydrogens is 495 g/mol. The van der Waals surface area contributed by atoms with Crippen molar-refractivity contribution in [3.05, 3.63) is 95.5 Å². The third-order valence-corrected chi connectivity index (χ3v) is 5.98. The minimum atomic E-state index is 0. The Morgan fingerprint density at radius 2 is 1.86 bits per heavy atom. The fourth-order valence-corrected chi connectivity index (χ4v) is 4.23. The summed E-state index contributed by atoms with van der Waals surface area (Å²) in [5, 5.41) is 5.59. The number of halogens is 2. The summed E-state index contributed by atoms with van der Waals surface area (Å²) in [7, 11) is 1.43. The smallest absolute Gasteiger partial charge is 1.00 e. The first-order valence-corrected chi connectivity index (χ1v) is 9.89. The third kappa shape index (κ3) is 6.16. The summed E-state index contributed by atoms with van der Waals surface area (Å²) in [4.78, 5) is 4.44. The summed E-state index contributed by atoms with van der Waals surface area (Å²) < 4.78 is 0. The van der Waals surface area contributed by atoms with Crippen molar-refractivity contribution in [1.29, 1.82) is 0 Å². The molecule has 5 heteroatoms. The molecule has 0 fully saturated rings. The maximum Gasteiger partial charge on any atom is 3.00 e. The first kappa shape index (κ1) is 25.9. The molecule has 2 heterocycles. The number of benzene rings is 1. The monoisotopic (exact) mass is 514 g/mol. The van der Waals surface area contributed by atoms with Crippen LogP contribution in [0, 0.1) is 6.92 Å². The zero-order valence-corrected chi connectivity index (χ0v) is 21.2. The average molecular weight is 517 g/mol. The van der Waals surface area contributed by atoms with Crippen molar-refractivity contribution < 1.29 is 51.0 Å². The van der Waals surface area contributed by atoms with Crippen LogP contribution in [-0.4, -0.2) is 10.3 Å². The van der Waals surface area contributed by atoms with Gasteiger partial charge in [-0.3, -0.25) is 4.98 Å². The van der Waals surface area contributed by atoms with Crippen molar-refractivity contribution in [2.24, 2.45) is 0 Å². The predicted molar refractivity (Wildman–Crippen MR) is 115 cm³/mol. The van der Waals surface area contributed by atoms with Crippen molar-refractivity contribution in [3.8, 4) is 11.3 Å². The van der Waals surface area contributed by atoms with Crippen molar-refractivity contribution in [1.82, 2.24) is 4.98 Å². The first-order valence-electron chi connectivity index (χ1n) is 8.99. The summed E-state index contributed by atoms with van der Waals surface area (Å²) in [5.74, 6) is 0. The average Bonchev–Trinajstić information content (AvgIpc) is 3.36. The number of rotatable bonds is 2. The molecule has 5 rings (SSSR count). The molecule has 0 unspecified atom stereocenters. The molecular formula is C24H21Cl2NPZr. The number of hydrogen-bond donors (Lipinski definition) is 0. The number of aryl methyl sites for hydroxylation is 1. The molecule has 145 valence electrons. The van der Waals surface area contributed by atoms with Gasteiger partial charge < -0.3 is 24.8 Å². The topological polar surface area (TPSA) is 12.9 Å². The Morgan fingerprint density at radius 1 is 1.07 bits per heavy atom. The number of pyridine rings is 1. The molecule has 1 aliphatic carbocycles. The Balaban J connectivity index is 0.000000285. The van der Waals surface area contributed by atoms with Gasteiger partial charge in [-0.25, -0.2) is 0 Å². The molecule has 0 N–H and O–H groups in total. The Labute approximate surface area is 206 Å². The second-order valence-corrected chi connectivity index (χ2v) is 7.84. The standard InChI is InChI=1S/C15H12N.C9H9P.2ClH.Zr/c1-11-6-7-15(16-10-11)14-8-12-4-2-3-5-13(12)9-14;1-2-8-6-7-4-3-5-9(7)10-8;;;/h2-10H,1H3;3-6H,2H2,1H3;2*1H;/q-1;;;;+3/p-2. The van der Waals surface area contributed by atoms with E-state index in [2.05, 4.69) is 91.7 Å². The summed E-state index contributed by atoms with van der Waals surface area (Å²) in [5.41, 5.74) is 4.86. The van der Waals surface area contributed by atoms with Gasteiger partial charge in [0, 0.05) is 17.2 Å². The van der Waals surface area contributed by atoms with Crippen molar-refractivity contribution in [2.45, 2.75) is 20.3 Å². The predicted octanol–water partition coefficient (Wildman–Crippen LogP) is 0.843. The Morgan fingerprint density at radius 3 is 2.52 bits per heavy atom. The van der Waals surface area contributed by atoms with Crippen LogP contribution in [0.25, 0.3) is 22.0 Å². The van der Waals surface area contributed by atoms with E-state index < -0.39 is 0 Å². The Hall–Kier alpha value is -1.17. The molecule has 1 nitrogen and oxygen atoms in total. The van der Waals surface area contributed by atoms with Crippen LogP contribution < -0.4 is 24.8 Å². The number of fused-ring (bicyclic) bond motifs is 2. The summed E-state index contributed by atoms with van der Waals surface area (Å²) in [6.45, 7) is 4.27. The second kappa shape index (κ2) is 11.9. The molecule has 0 bridgehead atoms. The number of nitrogens with zero attached hydrogens (tertiary/aromatic N) is 1. The second-order valence-electron chi connectivity index (χ2n) is 6.56. The van der Waals surface area contributed by atoms with Crippen LogP contribution in [-0.2, 0) is 26.2 Å². The maximum atomic E-state index is 4.44. The summed E-state index contributed by atoms with van der Waals surface area (Å²) >= 11 is 0. The van der Waals surface area contributed by atoms with E-state index in [-0.39, 0.29) is 51.0 Å². The zero-order valence-electron chi connectivity index (χ0n) is 16.4. The van der Waals surface area contributed by atoms with Gasteiger partial charge in [0.15, 0.2) is 0 Å². The van der Waals surface area contributed by atoms with E-state index >= 15 is 0 Å². The molecule has 29 heavy (non-hydrogen) atoms. The number of aromatic nitrogens is 1. The van der Waals surface area contributed by atoms with Gasteiger partial charge in [-0.05, 0) is 41.9 Å². The van der Waals surface area contributed by atoms with E-state index in [0.717, 1.165) is 5.69 Å². The van der Waals surface area contributed by atoms with E-state index in [1.54, 1.807) is 5.29 Å². The van der Waals surface area contributed by atoms with E-state index in [0.29, 0.717) is 0 Å². The molecule has 2 aliphatic rings. The van der Waals surface area contributed by atoms with Gasteiger partial charge in [0.1, 0.15) is 0 Å². The van der Waals surface area contributed by atoms with E-state index in [9.17, 15) is 0 Å². The van der Waals surface area contributed by atoms with E-state index in [4.69, 9.17) is 0 Å². The van der Waals surface area contributed by atoms with Gasteiger partial charge in [-0.15, -0.1) is 34.5 Å². The molecule has 1 aliphatic heterocycles. The Bertz CT molecular complexity index is 1040. The molecule has 3 aromatic rings. The number of hydrogen-bond acceptors (Lipinski definition) is 1. The van der Waals surface area contributed by atoms with Gasteiger partial charge >= 0.3 is 26.2 Å². The van der Waals surface area contributed by atoms with Crippen LogP contribution in [0.5, 0.6) is 0 Å². The van der Waals surface area contributed by atoms with E-state index in [1.165, 1.54) is 47.4 Å². The molecule has 2 aromatic carbocycles. The Kier molecular flexibility index (Phi) is 10.6. The van der Waals surface area contributed by atoms with Crippen molar-refractivity contribution >= 4 is 24.3 Å². The summed E-state index contributed by atoms with van der Waals surface area (Å²) in [6, 6.07) is 16.9. The summed E-state index contributed by atoms with van der Waals surface area (Å²) in [6.07, 6.45) is 11.9. The molecule has 0 atom stereocenters. The quantitative estimate of drug-likeness (QED) is 0.364. The van der Waals surface area contributed by atoms with Gasteiger partial charge in [-0.1, -0.05) is 57.6 Å². The number of allylic oxidation sites excluding steroid dienone is 6. The fourth-order valence-electron chi connectivity index (χ4n) is 3.13. The van der Waals surface area contributed by atoms with Gasteiger partial charge in [-0.2, -0.15) is 0 Å². The third-order valence-electron chi connectivity index (χ3n) is 4.60. The fraction of sp³-hybridized carbons (Fsp3) is 0.125. The molecule has 1 aromatic heterocycles. The zero-order chi connectivity index (χ0) is 17.9. The first-order chi connectivity index (χ1) is 12.7. The van der Waals surface area contributed by atoms with Crippen LogP contribution in [0.1, 0.15) is 18.9 Å². The molecule has 0 amide bonds. The van der Waals surface area contributed by atoms with Crippen molar-refractivity contribution in [3.63, 3.8) is 0 Å². The minimum Gasteiger partial charge on any atom is -1.00 e.